The highest BCUT2D eigenvalue weighted by atomic mass is 32.2. The molecular formula is C18H27N3O4S. The number of hydrogen-bond acceptors (Lipinski definition) is 4. The summed E-state index contributed by atoms with van der Waals surface area (Å²) in [6.07, 6.45) is 2.97. The van der Waals surface area contributed by atoms with E-state index in [4.69, 9.17) is 5.73 Å². The fourth-order valence-electron chi connectivity index (χ4n) is 3.33. The standard InChI is InChI=1S/C18H27N3O4S/c1-4-14-5-7-16(8-6-14)21(26(3,24)25)13(2)18(23)20-11-9-15(10-12-20)17(19)22/h5-8,13,15H,4,9-12H2,1-3H3,(H2,19,22)/t13-/m1/s1. The zero-order valence-electron chi connectivity index (χ0n) is 15.5. The maximum Gasteiger partial charge on any atom is 0.246 e. The molecule has 2 rings (SSSR count). The SMILES string of the molecule is CCc1ccc(N([C@H](C)C(=O)N2CCC(C(N)=O)CC2)S(C)(=O)=O)cc1. The number of nitrogens with zero attached hydrogens (tertiary/aromatic N) is 2. The van der Waals surface area contributed by atoms with Gasteiger partial charge in [0.25, 0.3) is 0 Å². The average molecular weight is 381 g/mol. The molecule has 1 aliphatic heterocycles. The summed E-state index contributed by atoms with van der Waals surface area (Å²) in [5, 5.41) is 0. The van der Waals surface area contributed by atoms with Crippen LogP contribution in [0.3, 0.4) is 0 Å². The van der Waals surface area contributed by atoms with E-state index >= 15 is 0 Å². The molecule has 2 N–H and O–H groups in total. The number of sulfonamides is 1. The Hall–Kier alpha value is -2.09. The van der Waals surface area contributed by atoms with Gasteiger partial charge in [-0.2, -0.15) is 0 Å². The highest BCUT2D eigenvalue weighted by Gasteiger charge is 2.34. The van der Waals surface area contributed by atoms with Crippen molar-refractivity contribution in [3.63, 3.8) is 0 Å². The van der Waals surface area contributed by atoms with E-state index in [1.165, 1.54) is 0 Å². The third kappa shape index (κ3) is 4.55. The number of hydrogen-bond donors (Lipinski definition) is 1. The summed E-state index contributed by atoms with van der Waals surface area (Å²) in [5.41, 5.74) is 6.89. The minimum Gasteiger partial charge on any atom is -0.369 e. The highest BCUT2D eigenvalue weighted by Crippen LogP contribution is 2.24. The molecule has 2 amide bonds. The van der Waals surface area contributed by atoms with Gasteiger partial charge in [0.15, 0.2) is 0 Å². The quantitative estimate of drug-likeness (QED) is 0.798. The summed E-state index contributed by atoms with van der Waals surface area (Å²) < 4.78 is 25.9. The lowest BCUT2D eigenvalue weighted by molar-refractivity contribution is -0.135. The molecule has 1 heterocycles. The first kappa shape index (κ1) is 20.2. The van der Waals surface area contributed by atoms with Gasteiger partial charge in [-0.15, -0.1) is 0 Å². The van der Waals surface area contributed by atoms with Gasteiger partial charge in [0, 0.05) is 19.0 Å². The van der Waals surface area contributed by atoms with E-state index in [0.717, 1.165) is 22.5 Å². The average Bonchev–Trinajstić information content (AvgIpc) is 2.60. The summed E-state index contributed by atoms with van der Waals surface area (Å²) >= 11 is 0. The lowest BCUT2D eigenvalue weighted by atomic mass is 9.96. The fraction of sp³-hybridized carbons (Fsp3) is 0.556. The fourth-order valence-corrected chi connectivity index (χ4v) is 4.50. The van der Waals surface area contributed by atoms with Gasteiger partial charge in [-0.1, -0.05) is 19.1 Å². The molecule has 0 unspecified atom stereocenters. The second kappa shape index (κ2) is 8.07. The molecule has 0 radical (unpaired) electrons. The monoisotopic (exact) mass is 381 g/mol. The van der Waals surface area contributed by atoms with E-state index in [-0.39, 0.29) is 17.7 Å². The van der Waals surface area contributed by atoms with Gasteiger partial charge >= 0.3 is 0 Å². The molecule has 0 aliphatic carbocycles. The zero-order chi connectivity index (χ0) is 19.5. The number of rotatable bonds is 6. The van der Waals surface area contributed by atoms with Crippen LogP contribution in [0.15, 0.2) is 24.3 Å². The molecule has 1 saturated heterocycles. The summed E-state index contributed by atoms with van der Waals surface area (Å²) in [5.74, 6) is -0.834. The molecule has 0 spiro atoms. The first-order chi connectivity index (χ1) is 12.1. The third-order valence-corrected chi connectivity index (χ3v) is 6.12. The van der Waals surface area contributed by atoms with Crippen molar-refractivity contribution in [3.8, 4) is 0 Å². The lowest BCUT2D eigenvalue weighted by Gasteiger charge is -2.36. The van der Waals surface area contributed by atoms with Gasteiger partial charge in [-0.25, -0.2) is 8.42 Å². The van der Waals surface area contributed by atoms with Crippen molar-refractivity contribution >= 4 is 27.5 Å². The van der Waals surface area contributed by atoms with Crippen LogP contribution >= 0.6 is 0 Å². The van der Waals surface area contributed by atoms with Gasteiger partial charge in [-0.05, 0) is 43.9 Å². The molecular weight excluding hydrogens is 354 g/mol. The van der Waals surface area contributed by atoms with Gasteiger partial charge in [0.1, 0.15) is 6.04 Å². The number of benzene rings is 1. The van der Waals surface area contributed by atoms with Crippen molar-refractivity contribution in [2.75, 3.05) is 23.7 Å². The molecule has 0 aromatic heterocycles. The Kier molecular flexibility index (Phi) is 6.28. The summed E-state index contributed by atoms with van der Waals surface area (Å²) in [7, 11) is -3.63. The second-order valence-electron chi connectivity index (χ2n) is 6.76. The number of carbonyl (C=O) groups is 2. The van der Waals surface area contributed by atoms with Crippen LogP contribution in [0.5, 0.6) is 0 Å². The highest BCUT2D eigenvalue weighted by molar-refractivity contribution is 7.92. The van der Waals surface area contributed by atoms with E-state index in [0.29, 0.717) is 31.6 Å². The molecule has 1 fully saturated rings. The van der Waals surface area contributed by atoms with Crippen molar-refractivity contribution in [2.24, 2.45) is 11.7 Å². The van der Waals surface area contributed by atoms with Crippen LogP contribution in [0, 0.1) is 5.92 Å². The number of likely N-dealkylation sites (tertiary alicyclic amines) is 1. The summed E-state index contributed by atoms with van der Waals surface area (Å²) in [6.45, 7) is 4.43. The number of carbonyl (C=O) groups excluding carboxylic acids is 2. The summed E-state index contributed by atoms with van der Waals surface area (Å²) in [4.78, 5) is 25.7. The van der Waals surface area contributed by atoms with E-state index in [1.807, 2.05) is 19.1 Å². The van der Waals surface area contributed by atoms with E-state index in [9.17, 15) is 18.0 Å². The van der Waals surface area contributed by atoms with Crippen molar-refractivity contribution in [3.05, 3.63) is 29.8 Å². The Balaban J connectivity index is 2.20. The molecule has 1 atom stereocenters. The number of aryl methyl sites for hydroxylation is 1. The van der Waals surface area contributed by atoms with Gasteiger partial charge in [0.2, 0.25) is 21.8 Å². The Labute approximate surface area is 155 Å². The number of anilines is 1. The smallest absolute Gasteiger partial charge is 0.246 e. The molecule has 144 valence electrons. The van der Waals surface area contributed by atoms with E-state index in [1.54, 1.807) is 24.0 Å². The molecule has 1 aromatic carbocycles. The van der Waals surface area contributed by atoms with Crippen LogP contribution in [0.1, 0.15) is 32.3 Å². The van der Waals surface area contributed by atoms with Crippen LogP contribution < -0.4 is 10.0 Å². The molecule has 0 bridgehead atoms. The van der Waals surface area contributed by atoms with Gasteiger partial charge < -0.3 is 10.6 Å². The minimum absolute atomic E-state index is 0.220. The number of piperidine rings is 1. The molecule has 0 saturated carbocycles. The van der Waals surface area contributed by atoms with Crippen molar-refractivity contribution in [2.45, 2.75) is 39.2 Å². The molecule has 1 aliphatic rings. The van der Waals surface area contributed by atoms with E-state index < -0.39 is 16.1 Å². The van der Waals surface area contributed by atoms with Crippen LogP contribution in [-0.2, 0) is 26.0 Å². The Morgan fingerprint density at radius 3 is 2.19 bits per heavy atom. The van der Waals surface area contributed by atoms with Crippen LogP contribution in [0.25, 0.3) is 0 Å². The number of amides is 2. The largest absolute Gasteiger partial charge is 0.369 e. The van der Waals surface area contributed by atoms with Gasteiger partial charge in [0.05, 0.1) is 11.9 Å². The number of nitrogens with two attached hydrogens (primary N) is 1. The Bertz CT molecular complexity index is 753. The number of primary amides is 1. The maximum atomic E-state index is 12.9. The maximum absolute atomic E-state index is 12.9. The predicted molar refractivity (Wildman–Crippen MR) is 101 cm³/mol. The topological polar surface area (TPSA) is 101 Å². The first-order valence-corrected chi connectivity index (χ1v) is 10.7. The minimum atomic E-state index is -3.63. The van der Waals surface area contributed by atoms with Crippen molar-refractivity contribution < 1.29 is 18.0 Å². The van der Waals surface area contributed by atoms with Crippen LogP contribution in [0.2, 0.25) is 0 Å². The first-order valence-electron chi connectivity index (χ1n) is 8.81. The van der Waals surface area contributed by atoms with Gasteiger partial charge in [-0.3, -0.25) is 13.9 Å². The predicted octanol–water partition coefficient (Wildman–Crippen LogP) is 1.13. The lowest BCUT2D eigenvalue weighted by Crippen LogP contribution is -2.52. The normalized spacial score (nSPS) is 17.0. The zero-order valence-corrected chi connectivity index (χ0v) is 16.3. The molecule has 7 nitrogen and oxygen atoms in total. The third-order valence-electron chi connectivity index (χ3n) is 4.87. The Morgan fingerprint density at radius 2 is 1.77 bits per heavy atom. The molecule has 8 heteroatoms. The summed E-state index contributed by atoms with van der Waals surface area (Å²) in [6, 6.07) is 6.32. The van der Waals surface area contributed by atoms with Crippen LogP contribution in [0.4, 0.5) is 5.69 Å². The van der Waals surface area contributed by atoms with Crippen molar-refractivity contribution in [1.29, 1.82) is 0 Å². The Morgan fingerprint density at radius 1 is 1.23 bits per heavy atom. The molecule has 26 heavy (non-hydrogen) atoms. The van der Waals surface area contributed by atoms with Crippen LogP contribution in [-0.4, -0.2) is 50.5 Å². The van der Waals surface area contributed by atoms with E-state index in [2.05, 4.69) is 0 Å². The van der Waals surface area contributed by atoms with Crippen molar-refractivity contribution in [1.82, 2.24) is 4.90 Å². The molecule has 1 aromatic rings. The second-order valence-corrected chi connectivity index (χ2v) is 8.62.